The molecule has 0 bridgehead atoms. The predicted octanol–water partition coefficient (Wildman–Crippen LogP) is 1.92. The van der Waals surface area contributed by atoms with Crippen LogP contribution in [0.2, 0.25) is 0 Å². The number of nitrogens with zero attached hydrogens (tertiary/aromatic N) is 1. The van der Waals surface area contributed by atoms with Gasteiger partial charge in [0.2, 0.25) is 0 Å². The fourth-order valence-electron chi connectivity index (χ4n) is 2.06. The second-order valence-electron chi connectivity index (χ2n) is 4.83. The molecule has 0 aliphatic heterocycles. The van der Waals surface area contributed by atoms with Crippen LogP contribution in [0.3, 0.4) is 0 Å². The van der Waals surface area contributed by atoms with Crippen LogP contribution < -0.4 is 10.9 Å². The van der Waals surface area contributed by atoms with Crippen molar-refractivity contribution in [2.24, 2.45) is 5.92 Å². The predicted molar refractivity (Wildman–Crippen MR) is 67.9 cm³/mol. The fraction of sp³-hybridized carbons (Fsp3) is 0.692. The molecule has 1 fully saturated rings. The van der Waals surface area contributed by atoms with Crippen LogP contribution in [0, 0.1) is 5.92 Å². The molecule has 1 N–H and O–H groups in total. The summed E-state index contributed by atoms with van der Waals surface area (Å²) >= 11 is 0. The van der Waals surface area contributed by atoms with Crippen molar-refractivity contribution in [2.75, 3.05) is 6.54 Å². The molecule has 0 aromatic carbocycles. The number of rotatable bonds is 5. The van der Waals surface area contributed by atoms with E-state index < -0.39 is 0 Å². The van der Waals surface area contributed by atoms with E-state index in [4.69, 9.17) is 4.52 Å². The number of hydrogen-bond acceptors (Lipinski definition) is 3. The van der Waals surface area contributed by atoms with Crippen molar-refractivity contribution >= 4 is 6.03 Å². The quantitative estimate of drug-likeness (QED) is 0.870. The minimum atomic E-state index is -0.387. The van der Waals surface area contributed by atoms with Gasteiger partial charge in [-0.2, -0.15) is 0 Å². The molecular weight excluding hydrogens is 232 g/mol. The van der Waals surface area contributed by atoms with Crippen molar-refractivity contribution in [3.8, 4) is 0 Å². The van der Waals surface area contributed by atoms with Crippen molar-refractivity contribution in [1.29, 1.82) is 0 Å². The number of aromatic nitrogens is 1. The molecule has 1 aromatic rings. The van der Waals surface area contributed by atoms with Crippen LogP contribution in [-0.2, 0) is 12.8 Å². The Balaban J connectivity index is 2.18. The SMILES string of the molecule is CCCc1c(CC)c(=O)on1C(=O)NCC1CC1. The molecular formula is C13H20N2O3. The maximum Gasteiger partial charge on any atom is 0.361 e. The summed E-state index contributed by atoms with van der Waals surface area (Å²) in [6.07, 6.45) is 4.52. The first-order valence-corrected chi connectivity index (χ1v) is 6.69. The second kappa shape index (κ2) is 5.42. The van der Waals surface area contributed by atoms with Gasteiger partial charge in [0.05, 0.1) is 11.3 Å². The summed E-state index contributed by atoms with van der Waals surface area (Å²) in [5, 5.41) is 2.82. The second-order valence-corrected chi connectivity index (χ2v) is 4.83. The largest absolute Gasteiger partial charge is 0.361 e. The van der Waals surface area contributed by atoms with Gasteiger partial charge in [0.25, 0.3) is 0 Å². The van der Waals surface area contributed by atoms with Crippen molar-refractivity contribution < 1.29 is 9.32 Å². The minimum Gasteiger partial charge on any atom is -0.335 e. The molecule has 0 saturated heterocycles. The van der Waals surface area contributed by atoms with Crippen LogP contribution >= 0.6 is 0 Å². The molecule has 5 nitrogen and oxygen atoms in total. The third-order valence-corrected chi connectivity index (χ3v) is 3.28. The van der Waals surface area contributed by atoms with E-state index in [1.807, 2.05) is 13.8 Å². The summed E-state index contributed by atoms with van der Waals surface area (Å²) < 4.78 is 6.20. The van der Waals surface area contributed by atoms with Gasteiger partial charge in [-0.3, -0.25) is 0 Å². The van der Waals surface area contributed by atoms with E-state index in [1.165, 1.54) is 12.8 Å². The molecule has 1 aliphatic carbocycles. The lowest BCUT2D eigenvalue weighted by Gasteiger charge is -2.06. The molecule has 1 saturated carbocycles. The molecule has 0 unspecified atom stereocenters. The highest BCUT2D eigenvalue weighted by Gasteiger charge is 2.24. The normalized spacial score (nSPS) is 14.8. The molecule has 1 aliphatic rings. The Hall–Kier alpha value is -1.52. The van der Waals surface area contributed by atoms with Crippen molar-refractivity contribution in [3.05, 3.63) is 21.7 Å². The minimum absolute atomic E-state index is 0.317. The zero-order valence-corrected chi connectivity index (χ0v) is 11.0. The summed E-state index contributed by atoms with van der Waals surface area (Å²) in [5.74, 6) is 0.608. The molecule has 1 aromatic heterocycles. The van der Waals surface area contributed by atoms with E-state index in [0.29, 0.717) is 30.9 Å². The highest BCUT2D eigenvalue weighted by Crippen LogP contribution is 2.27. The summed E-state index contributed by atoms with van der Waals surface area (Å²) in [5.41, 5.74) is 0.958. The third-order valence-electron chi connectivity index (χ3n) is 3.28. The van der Waals surface area contributed by atoms with Gasteiger partial charge in [0, 0.05) is 6.54 Å². The van der Waals surface area contributed by atoms with Gasteiger partial charge < -0.3 is 9.84 Å². The highest BCUT2D eigenvalue weighted by atomic mass is 16.5. The summed E-state index contributed by atoms with van der Waals surface area (Å²) in [6.45, 7) is 4.59. The Morgan fingerprint density at radius 2 is 2.17 bits per heavy atom. The summed E-state index contributed by atoms with van der Waals surface area (Å²) in [4.78, 5) is 23.6. The number of nitrogens with one attached hydrogen (secondary N) is 1. The van der Waals surface area contributed by atoms with Gasteiger partial charge in [-0.1, -0.05) is 20.3 Å². The van der Waals surface area contributed by atoms with Crippen LogP contribution in [0.1, 0.15) is 44.4 Å². The van der Waals surface area contributed by atoms with Gasteiger partial charge in [0.1, 0.15) is 0 Å². The lowest BCUT2D eigenvalue weighted by atomic mass is 10.1. The summed E-state index contributed by atoms with van der Waals surface area (Å²) in [7, 11) is 0. The molecule has 18 heavy (non-hydrogen) atoms. The van der Waals surface area contributed by atoms with Crippen LogP contribution in [0.5, 0.6) is 0 Å². The Labute approximate surface area is 106 Å². The maximum absolute atomic E-state index is 12.0. The Morgan fingerprint density at radius 3 is 2.72 bits per heavy atom. The van der Waals surface area contributed by atoms with Crippen molar-refractivity contribution in [1.82, 2.24) is 10.1 Å². The van der Waals surface area contributed by atoms with Crippen molar-refractivity contribution in [2.45, 2.75) is 46.0 Å². The molecule has 5 heteroatoms. The Morgan fingerprint density at radius 1 is 1.44 bits per heavy atom. The van der Waals surface area contributed by atoms with Gasteiger partial charge in [-0.15, -0.1) is 4.74 Å². The molecule has 0 radical (unpaired) electrons. The first kappa shape index (κ1) is 12.9. The lowest BCUT2D eigenvalue weighted by molar-refractivity contribution is 0.204. The molecule has 0 atom stereocenters. The van der Waals surface area contributed by atoms with E-state index in [9.17, 15) is 9.59 Å². The Bertz CT molecular complexity index is 483. The Kier molecular flexibility index (Phi) is 3.89. The van der Waals surface area contributed by atoms with Gasteiger partial charge in [-0.05, 0) is 31.6 Å². The first-order valence-electron chi connectivity index (χ1n) is 6.69. The zero-order valence-electron chi connectivity index (χ0n) is 11.0. The topological polar surface area (TPSA) is 64.2 Å². The number of carbonyl (C=O) groups is 1. The average molecular weight is 252 g/mol. The van der Waals surface area contributed by atoms with E-state index >= 15 is 0 Å². The molecule has 1 amide bonds. The molecule has 1 heterocycles. The average Bonchev–Trinajstić information content (AvgIpc) is 3.12. The zero-order chi connectivity index (χ0) is 13.1. The van der Waals surface area contributed by atoms with Gasteiger partial charge >= 0.3 is 11.7 Å². The smallest absolute Gasteiger partial charge is 0.335 e. The van der Waals surface area contributed by atoms with E-state index in [-0.39, 0.29) is 11.7 Å². The highest BCUT2D eigenvalue weighted by molar-refractivity contribution is 5.76. The monoisotopic (exact) mass is 252 g/mol. The number of hydrogen-bond donors (Lipinski definition) is 1. The molecule has 0 spiro atoms. The summed E-state index contributed by atoms with van der Waals surface area (Å²) in [6, 6.07) is -0.317. The van der Waals surface area contributed by atoms with E-state index in [1.54, 1.807) is 0 Å². The molecule has 100 valence electrons. The fourth-order valence-corrected chi connectivity index (χ4v) is 2.06. The van der Waals surface area contributed by atoms with Crippen LogP contribution in [-0.4, -0.2) is 17.3 Å². The number of amides is 1. The number of carbonyl (C=O) groups excluding carboxylic acids is 1. The maximum atomic E-state index is 12.0. The van der Waals surface area contributed by atoms with Crippen LogP contribution in [0.4, 0.5) is 4.79 Å². The van der Waals surface area contributed by atoms with Crippen LogP contribution in [0.25, 0.3) is 0 Å². The van der Waals surface area contributed by atoms with Gasteiger partial charge in [0.15, 0.2) is 0 Å². The third kappa shape index (κ3) is 2.66. The van der Waals surface area contributed by atoms with E-state index in [0.717, 1.165) is 16.9 Å². The van der Waals surface area contributed by atoms with Crippen molar-refractivity contribution in [3.63, 3.8) is 0 Å². The lowest BCUT2D eigenvalue weighted by Crippen LogP contribution is -2.31. The first-order chi connectivity index (χ1) is 8.67. The van der Waals surface area contributed by atoms with Crippen LogP contribution in [0.15, 0.2) is 9.32 Å². The van der Waals surface area contributed by atoms with E-state index in [2.05, 4.69) is 5.32 Å². The van der Waals surface area contributed by atoms with Gasteiger partial charge in [-0.25, -0.2) is 9.59 Å². The standard InChI is InChI=1S/C13H20N2O3/c1-3-5-11-10(4-2)12(16)18-15(11)13(17)14-8-9-6-7-9/h9H,3-8H2,1-2H3,(H,14,17). The molecule has 2 rings (SSSR count).